The Kier molecular flexibility index (Phi) is 3.94. The number of nitrogens with one attached hydrogen (secondary N) is 1. The predicted octanol–water partition coefficient (Wildman–Crippen LogP) is 2.52. The molecule has 3 rings (SSSR count). The lowest BCUT2D eigenvalue weighted by atomic mass is 9.96. The second kappa shape index (κ2) is 5.84. The Morgan fingerprint density at radius 3 is 3.00 bits per heavy atom. The van der Waals surface area contributed by atoms with Gasteiger partial charge in [0.15, 0.2) is 0 Å². The monoisotopic (exact) mass is 276 g/mol. The summed E-state index contributed by atoms with van der Waals surface area (Å²) in [5.41, 5.74) is 0. The van der Waals surface area contributed by atoms with Crippen molar-refractivity contribution in [2.75, 3.05) is 31.1 Å². The molecule has 2 aromatic rings. The van der Waals surface area contributed by atoms with Crippen molar-refractivity contribution in [2.45, 2.75) is 19.8 Å². The lowest BCUT2D eigenvalue weighted by molar-refractivity contribution is 0.386. The number of piperidine rings is 1. The molecule has 4 nitrogen and oxygen atoms in total. The van der Waals surface area contributed by atoms with Crippen LogP contribution in [0.5, 0.6) is 0 Å². The van der Waals surface area contributed by atoms with Crippen molar-refractivity contribution in [1.82, 2.24) is 15.3 Å². The Labute approximate surface area is 117 Å². The van der Waals surface area contributed by atoms with E-state index in [1.807, 2.05) is 0 Å². The van der Waals surface area contributed by atoms with Gasteiger partial charge in [0.25, 0.3) is 0 Å². The summed E-state index contributed by atoms with van der Waals surface area (Å²) in [6, 6.07) is 2.14. The van der Waals surface area contributed by atoms with Gasteiger partial charge in [-0.3, -0.25) is 0 Å². The summed E-state index contributed by atoms with van der Waals surface area (Å²) < 4.78 is 0. The van der Waals surface area contributed by atoms with Crippen molar-refractivity contribution in [2.24, 2.45) is 5.92 Å². The van der Waals surface area contributed by atoms with E-state index in [1.165, 1.54) is 18.2 Å². The zero-order valence-electron chi connectivity index (χ0n) is 11.3. The molecular weight excluding hydrogens is 256 g/mol. The Balaban J connectivity index is 1.69. The first kappa shape index (κ1) is 12.8. The molecule has 5 heteroatoms. The van der Waals surface area contributed by atoms with Gasteiger partial charge in [0.2, 0.25) is 0 Å². The van der Waals surface area contributed by atoms with Crippen LogP contribution in [-0.2, 0) is 0 Å². The fraction of sp³-hybridized carbons (Fsp3) is 0.571. The largest absolute Gasteiger partial charge is 0.356 e. The molecule has 19 heavy (non-hydrogen) atoms. The van der Waals surface area contributed by atoms with Gasteiger partial charge < -0.3 is 10.2 Å². The summed E-state index contributed by atoms with van der Waals surface area (Å²) in [5, 5.41) is 6.76. The van der Waals surface area contributed by atoms with Gasteiger partial charge in [0.05, 0.1) is 5.39 Å². The zero-order chi connectivity index (χ0) is 13.1. The molecule has 0 saturated carbocycles. The predicted molar refractivity (Wildman–Crippen MR) is 80.9 cm³/mol. The average Bonchev–Trinajstić information content (AvgIpc) is 2.94. The average molecular weight is 276 g/mol. The first-order chi connectivity index (χ1) is 9.38. The molecule has 0 unspecified atom stereocenters. The molecule has 1 N–H and O–H groups in total. The Hall–Kier alpha value is -1.20. The van der Waals surface area contributed by atoms with E-state index in [2.05, 4.69) is 38.6 Å². The molecule has 2 aromatic heterocycles. The fourth-order valence-corrected chi connectivity index (χ4v) is 3.45. The van der Waals surface area contributed by atoms with Crippen molar-refractivity contribution >= 4 is 27.4 Å². The fourth-order valence-electron chi connectivity index (χ4n) is 2.73. The zero-order valence-corrected chi connectivity index (χ0v) is 12.1. The van der Waals surface area contributed by atoms with Gasteiger partial charge >= 0.3 is 0 Å². The van der Waals surface area contributed by atoms with Gasteiger partial charge in [0, 0.05) is 13.1 Å². The summed E-state index contributed by atoms with van der Waals surface area (Å²) in [6.45, 7) is 6.61. The molecule has 0 bridgehead atoms. The van der Waals surface area contributed by atoms with Crippen molar-refractivity contribution < 1.29 is 0 Å². The minimum Gasteiger partial charge on any atom is -0.356 e. The molecule has 0 radical (unpaired) electrons. The number of anilines is 1. The van der Waals surface area contributed by atoms with E-state index in [9.17, 15) is 0 Å². The highest BCUT2D eigenvalue weighted by Crippen LogP contribution is 2.29. The minimum atomic E-state index is 0.816. The van der Waals surface area contributed by atoms with E-state index in [-0.39, 0.29) is 0 Å². The van der Waals surface area contributed by atoms with Crippen molar-refractivity contribution in [3.8, 4) is 0 Å². The number of thiophene rings is 1. The van der Waals surface area contributed by atoms with Gasteiger partial charge in [-0.1, -0.05) is 6.92 Å². The Morgan fingerprint density at radius 2 is 2.21 bits per heavy atom. The molecule has 102 valence electrons. The highest BCUT2D eigenvalue weighted by molar-refractivity contribution is 7.16. The third-order valence-corrected chi connectivity index (χ3v) is 4.66. The number of hydrogen-bond acceptors (Lipinski definition) is 5. The maximum atomic E-state index is 4.50. The second-order valence-corrected chi connectivity index (χ2v) is 5.97. The number of fused-ring (bicyclic) bond motifs is 1. The van der Waals surface area contributed by atoms with Gasteiger partial charge in [-0.25, -0.2) is 9.97 Å². The molecular formula is C14H20N4S. The third-order valence-electron chi connectivity index (χ3n) is 3.84. The van der Waals surface area contributed by atoms with Gasteiger partial charge in [-0.15, -0.1) is 11.3 Å². The van der Waals surface area contributed by atoms with Crippen LogP contribution in [-0.4, -0.2) is 36.1 Å². The quantitative estimate of drug-likeness (QED) is 0.931. The highest BCUT2D eigenvalue weighted by Gasteiger charge is 2.21. The highest BCUT2D eigenvalue weighted by atomic mass is 32.1. The molecule has 1 saturated heterocycles. The molecule has 0 atom stereocenters. The van der Waals surface area contributed by atoms with E-state index in [0.29, 0.717) is 0 Å². The SMILES string of the molecule is CCNCC1CCN(c2ncnc3sccc23)CC1. The Bertz CT molecular complexity index is 531. The first-order valence-corrected chi connectivity index (χ1v) is 7.90. The normalized spacial score (nSPS) is 17.2. The topological polar surface area (TPSA) is 41.0 Å². The number of rotatable bonds is 4. The van der Waals surface area contributed by atoms with Gasteiger partial charge in [0.1, 0.15) is 17.0 Å². The minimum absolute atomic E-state index is 0.816. The summed E-state index contributed by atoms with van der Waals surface area (Å²) >= 11 is 1.69. The molecule has 1 aliphatic rings. The van der Waals surface area contributed by atoms with Crippen LogP contribution in [0.3, 0.4) is 0 Å². The van der Waals surface area contributed by atoms with Crippen molar-refractivity contribution in [3.63, 3.8) is 0 Å². The third kappa shape index (κ3) is 2.72. The maximum absolute atomic E-state index is 4.50. The van der Waals surface area contributed by atoms with E-state index >= 15 is 0 Å². The number of nitrogens with zero attached hydrogens (tertiary/aromatic N) is 3. The van der Waals surface area contributed by atoms with Gasteiger partial charge in [-0.2, -0.15) is 0 Å². The van der Waals surface area contributed by atoms with Crippen LogP contribution in [0.2, 0.25) is 0 Å². The Morgan fingerprint density at radius 1 is 1.37 bits per heavy atom. The number of hydrogen-bond donors (Lipinski definition) is 1. The van der Waals surface area contributed by atoms with Crippen LogP contribution in [0, 0.1) is 5.92 Å². The summed E-state index contributed by atoms with van der Waals surface area (Å²) in [7, 11) is 0. The van der Waals surface area contributed by atoms with Gasteiger partial charge in [-0.05, 0) is 43.3 Å². The molecule has 1 fully saturated rings. The van der Waals surface area contributed by atoms with Crippen molar-refractivity contribution in [1.29, 1.82) is 0 Å². The van der Waals surface area contributed by atoms with E-state index in [1.54, 1.807) is 17.7 Å². The molecule has 0 spiro atoms. The standard InChI is InChI=1S/C14H20N4S/c1-2-15-9-11-3-6-18(7-4-11)13-12-5-8-19-14(12)17-10-16-13/h5,8,10-11,15H,2-4,6-7,9H2,1H3. The second-order valence-electron chi connectivity index (χ2n) is 5.07. The molecule has 3 heterocycles. The maximum Gasteiger partial charge on any atom is 0.140 e. The van der Waals surface area contributed by atoms with Crippen LogP contribution in [0.4, 0.5) is 5.82 Å². The first-order valence-electron chi connectivity index (χ1n) is 7.02. The van der Waals surface area contributed by atoms with Crippen LogP contribution in [0.15, 0.2) is 17.8 Å². The van der Waals surface area contributed by atoms with Crippen molar-refractivity contribution in [3.05, 3.63) is 17.8 Å². The lowest BCUT2D eigenvalue weighted by Gasteiger charge is -2.33. The van der Waals surface area contributed by atoms with E-state index in [0.717, 1.165) is 42.7 Å². The molecule has 0 amide bonds. The van der Waals surface area contributed by atoms with E-state index in [4.69, 9.17) is 0 Å². The van der Waals surface area contributed by atoms with Crippen LogP contribution < -0.4 is 10.2 Å². The molecule has 0 aliphatic carbocycles. The summed E-state index contributed by atoms with van der Waals surface area (Å²) in [5.74, 6) is 1.93. The summed E-state index contributed by atoms with van der Waals surface area (Å²) in [6.07, 6.45) is 4.20. The molecule has 0 aromatic carbocycles. The van der Waals surface area contributed by atoms with Crippen LogP contribution in [0.25, 0.3) is 10.2 Å². The lowest BCUT2D eigenvalue weighted by Crippen LogP contribution is -2.37. The summed E-state index contributed by atoms with van der Waals surface area (Å²) in [4.78, 5) is 12.3. The smallest absolute Gasteiger partial charge is 0.140 e. The number of aromatic nitrogens is 2. The van der Waals surface area contributed by atoms with Crippen LogP contribution in [0.1, 0.15) is 19.8 Å². The van der Waals surface area contributed by atoms with Crippen LogP contribution >= 0.6 is 11.3 Å². The van der Waals surface area contributed by atoms with E-state index < -0.39 is 0 Å². The molecule has 1 aliphatic heterocycles.